The number of nitrogens with two attached hydrogens (primary N) is 1. The third-order valence-corrected chi connectivity index (χ3v) is 3.75. The molecule has 1 atom stereocenters. The standard InChI is InChI=1S/C11H13N3O2S/c1-6-10(8(12)4-9(15)16)17-11(14-6)7-2-3-13-5-7/h2-3,5,8,13H,4,12H2,1H3,(H,15,16). The molecule has 0 amide bonds. The van der Waals surface area contributed by atoms with Crippen molar-refractivity contribution >= 4 is 17.3 Å². The number of aromatic amines is 1. The number of nitrogens with zero attached hydrogens (tertiary/aromatic N) is 1. The predicted octanol–water partition coefficient (Wildman–Crippen LogP) is 1.92. The van der Waals surface area contributed by atoms with Gasteiger partial charge in [0.05, 0.1) is 18.2 Å². The molecule has 0 aromatic carbocycles. The molecule has 2 aromatic rings. The third kappa shape index (κ3) is 2.54. The van der Waals surface area contributed by atoms with Gasteiger partial charge in [-0.25, -0.2) is 4.98 Å². The lowest BCUT2D eigenvalue weighted by Gasteiger charge is -2.05. The van der Waals surface area contributed by atoms with E-state index >= 15 is 0 Å². The zero-order chi connectivity index (χ0) is 12.4. The lowest BCUT2D eigenvalue weighted by atomic mass is 10.1. The summed E-state index contributed by atoms with van der Waals surface area (Å²) in [6.45, 7) is 1.85. The van der Waals surface area contributed by atoms with Gasteiger partial charge in [-0.05, 0) is 13.0 Å². The smallest absolute Gasteiger partial charge is 0.305 e. The second-order valence-electron chi connectivity index (χ2n) is 3.77. The van der Waals surface area contributed by atoms with E-state index in [4.69, 9.17) is 10.8 Å². The Kier molecular flexibility index (Phi) is 3.26. The first kappa shape index (κ1) is 11.8. The Balaban J connectivity index is 2.28. The molecule has 6 heteroatoms. The summed E-state index contributed by atoms with van der Waals surface area (Å²) < 4.78 is 0. The van der Waals surface area contributed by atoms with Gasteiger partial charge in [0, 0.05) is 22.8 Å². The van der Waals surface area contributed by atoms with Crippen LogP contribution in [0.3, 0.4) is 0 Å². The van der Waals surface area contributed by atoms with Gasteiger partial charge in [-0.2, -0.15) is 0 Å². The number of thiazole rings is 1. The highest BCUT2D eigenvalue weighted by atomic mass is 32.1. The van der Waals surface area contributed by atoms with Crippen molar-refractivity contribution in [2.45, 2.75) is 19.4 Å². The number of hydrogen-bond acceptors (Lipinski definition) is 4. The Morgan fingerprint density at radius 2 is 2.47 bits per heavy atom. The van der Waals surface area contributed by atoms with Gasteiger partial charge >= 0.3 is 5.97 Å². The lowest BCUT2D eigenvalue weighted by Crippen LogP contribution is -2.14. The quantitative estimate of drug-likeness (QED) is 0.774. The first-order chi connectivity index (χ1) is 8.08. The molecule has 1 unspecified atom stereocenters. The van der Waals surface area contributed by atoms with Crippen LogP contribution in [0.2, 0.25) is 0 Å². The van der Waals surface area contributed by atoms with Gasteiger partial charge in [0.2, 0.25) is 0 Å². The highest BCUT2D eigenvalue weighted by Gasteiger charge is 2.18. The number of H-pyrrole nitrogens is 1. The Hall–Kier alpha value is -1.66. The minimum absolute atomic E-state index is 0.0738. The van der Waals surface area contributed by atoms with Crippen LogP contribution in [-0.2, 0) is 4.79 Å². The highest BCUT2D eigenvalue weighted by Crippen LogP contribution is 2.31. The Morgan fingerprint density at radius 3 is 3.06 bits per heavy atom. The number of aryl methyl sites for hydroxylation is 1. The van der Waals surface area contributed by atoms with Crippen molar-refractivity contribution in [1.82, 2.24) is 9.97 Å². The summed E-state index contributed by atoms with van der Waals surface area (Å²) >= 11 is 1.45. The third-order valence-electron chi connectivity index (χ3n) is 2.41. The van der Waals surface area contributed by atoms with Gasteiger partial charge in [0.25, 0.3) is 0 Å². The Bertz CT molecular complexity index is 519. The van der Waals surface area contributed by atoms with Crippen LogP contribution in [-0.4, -0.2) is 21.0 Å². The van der Waals surface area contributed by atoms with Crippen molar-refractivity contribution in [3.8, 4) is 10.6 Å². The molecule has 0 aliphatic rings. The van der Waals surface area contributed by atoms with E-state index in [9.17, 15) is 4.79 Å². The van der Waals surface area contributed by atoms with Gasteiger partial charge < -0.3 is 15.8 Å². The normalized spacial score (nSPS) is 12.6. The van der Waals surface area contributed by atoms with Gasteiger partial charge in [0.15, 0.2) is 0 Å². The monoisotopic (exact) mass is 251 g/mol. The van der Waals surface area contributed by atoms with E-state index in [1.807, 2.05) is 25.4 Å². The summed E-state index contributed by atoms with van der Waals surface area (Å²) in [5, 5.41) is 9.59. The first-order valence-corrected chi connectivity index (χ1v) is 5.97. The fraction of sp³-hybridized carbons (Fsp3) is 0.273. The zero-order valence-electron chi connectivity index (χ0n) is 9.30. The summed E-state index contributed by atoms with van der Waals surface area (Å²) in [7, 11) is 0. The number of carboxylic acids is 1. The number of rotatable bonds is 4. The molecule has 0 saturated heterocycles. The van der Waals surface area contributed by atoms with Crippen molar-refractivity contribution in [2.75, 3.05) is 0 Å². The molecule has 2 heterocycles. The van der Waals surface area contributed by atoms with Crippen molar-refractivity contribution in [2.24, 2.45) is 5.73 Å². The van der Waals surface area contributed by atoms with Gasteiger partial charge in [-0.15, -0.1) is 11.3 Å². The molecular formula is C11H13N3O2S. The van der Waals surface area contributed by atoms with E-state index < -0.39 is 12.0 Å². The van der Waals surface area contributed by atoms with Crippen LogP contribution in [0.15, 0.2) is 18.5 Å². The SMILES string of the molecule is Cc1nc(-c2cc[nH]c2)sc1C(N)CC(=O)O. The summed E-state index contributed by atoms with van der Waals surface area (Å²) in [5.41, 5.74) is 7.64. The fourth-order valence-electron chi connectivity index (χ4n) is 1.61. The number of aliphatic carboxylic acids is 1. The average Bonchev–Trinajstić information content (AvgIpc) is 2.84. The molecule has 0 spiro atoms. The maximum Gasteiger partial charge on any atom is 0.305 e. The second-order valence-corrected chi connectivity index (χ2v) is 4.80. The van der Waals surface area contributed by atoms with Crippen LogP contribution in [0.1, 0.15) is 23.0 Å². The molecule has 0 aliphatic carbocycles. The van der Waals surface area contributed by atoms with Crippen molar-refractivity contribution in [3.05, 3.63) is 29.0 Å². The van der Waals surface area contributed by atoms with Crippen LogP contribution >= 0.6 is 11.3 Å². The summed E-state index contributed by atoms with van der Waals surface area (Å²) in [6.07, 6.45) is 3.60. The van der Waals surface area contributed by atoms with Gasteiger partial charge in [0.1, 0.15) is 5.01 Å². The van der Waals surface area contributed by atoms with E-state index in [1.54, 1.807) is 0 Å². The number of aromatic nitrogens is 2. The molecule has 4 N–H and O–H groups in total. The fourth-order valence-corrected chi connectivity index (χ4v) is 2.68. The first-order valence-electron chi connectivity index (χ1n) is 5.16. The van der Waals surface area contributed by atoms with Crippen molar-refractivity contribution in [3.63, 3.8) is 0 Å². The van der Waals surface area contributed by atoms with E-state index in [0.717, 1.165) is 21.1 Å². The van der Waals surface area contributed by atoms with Crippen LogP contribution in [0.4, 0.5) is 0 Å². The topological polar surface area (TPSA) is 92.0 Å². The summed E-state index contributed by atoms with van der Waals surface area (Å²) in [5.74, 6) is -0.895. The molecule has 0 fully saturated rings. The maximum atomic E-state index is 10.6. The van der Waals surface area contributed by atoms with Crippen LogP contribution in [0.5, 0.6) is 0 Å². The number of nitrogens with one attached hydrogen (secondary N) is 1. The Morgan fingerprint density at radius 1 is 1.71 bits per heavy atom. The zero-order valence-corrected chi connectivity index (χ0v) is 10.1. The van der Waals surface area contributed by atoms with E-state index in [-0.39, 0.29) is 6.42 Å². The number of hydrogen-bond donors (Lipinski definition) is 3. The van der Waals surface area contributed by atoms with Crippen LogP contribution in [0.25, 0.3) is 10.6 Å². The largest absolute Gasteiger partial charge is 0.481 e. The molecular weight excluding hydrogens is 238 g/mol. The van der Waals surface area contributed by atoms with Crippen molar-refractivity contribution < 1.29 is 9.90 Å². The van der Waals surface area contributed by atoms with Crippen LogP contribution in [0, 0.1) is 6.92 Å². The highest BCUT2D eigenvalue weighted by molar-refractivity contribution is 7.15. The average molecular weight is 251 g/mol. The minimum Gasteiger partial charge on any atom is -0.481 e. The predicted molar refractivity (Wildman–Crippen MR) is 65.8 cm³/mol. The van der Waals surface area contributed by atoms with E-state index in [2.05, 4.69) is 9.97 Å². The minimum atomic E-state index is -0.895. The molecule has 2 rings (SSSR count). The Labute approximate surface area is 102 Å². The summed E-state index contributed by atoms with van der Waals surface area (Å²) in [4.78, 5) is 18.8. The second kappa shape index (κ2) is 4.68. The number of carbonyl (C=O) groups is 1. The molecule has 90 valence electrons. The molecule has 5 nitrogen and oxygen atoms in total. The maximum absolute atomic E-state index is 10.6. The molecule has 17 heavy (non-hydrogen) atoms. The molecule has 0 aliphatic heterocycles. The molecule has 2 aromatic heterocycles. The molecule has 0 radical (unpaired) electrons. The van der Waals surface area contributed by atoms with Crippen molar-refractivity contribution in [1.29, 1.82) is 0 Å². The van der Waals surface area contributed by atoms with Crippen LogP contribution < -0.4 is 5.73 Å². The lowest BCUT2D eigenvalue weighted by molar-refractivity contribution is -0.137. The summed E-state index contributed by atoms with van der Waals surface area (Å²) in [6, 6.07) is 1.43. The molecule has 0 saturated carbocycles. The van der Waals surface area contributed by atoms with E-state index in [1.165, 1.54) is 11.3 Å². The molecule has 0 bridgehead atoms. The van der Waals surface area contributed by atoms with Gasteiger partial charge in [-0.1, -0.05) is 0 Å². The number of carboxylic acid groups (broad SMARTS) is 1. The van der Waals surface area contributed by atoms with Gasteiger partial charge in [-0.3, -0.25) is 4.79 Å². The van der Waals surface area contributed by atoms with E-state index in [0.29, 0.717) is 0 Å².